The number of anilines is 1. The number of carbonyl (C=O) groups excluding carboxylic acids is 1. The molecule has 1 unspecified atom stereocenters. The Kier molecular flexibility index (Phi) is 4.22. The minimum Gasteiger partial charge on any atom is -0.481 e. The maximum Gasteiger partial charge on any atom is 0.321 e. The van der Waals surface area contributed by atoms with Gasteiger partial charge in [-0.2, -0.15) is 0 Å². The van der Waals surface area contributed by atoms with Crippen LogP contribution in [0.15, 0.2) is 24.5 Å². The first-order valence-corrected chi connectivity index (χ1v) is 6.77. The van der Waals surface area contributed by atoms with Crippen molar-refractivity contribution >= 4 is 17.7 Å². The van der Waals surface area contributed by atoms with Crippen LogP contribution in [0.2, 0.25) is 0 Å². The summed E-state index contributed by atoms with van der Waals surface area (Å²) < 4.78 is 0. The van der Waals surface area contributed by atoms with Gasteiger partial charge in [-0.25, -0.2) is 4.79 Å². The molecule has 1 aliphatic heterocycles. The summed E-state index contributed by atoms with van der Waals surface area (Å²) in [6.45, 7) is 2.70. The number of carboxylic acids is 1. The molecule has 0 saturated carbocycles. The van der Waals surface area contributed by atoms with Gasteiger partial charge >= 0.3 is 12.0 Å². The topological polar surface area (TPSA) is 82.5 Å². The van der Waals surface area contributed by atoms with Crippen LogP contribution in [-0.2, 0) is 4.79 Å². The van der Waals surface area contributed by atoms with Crippen molar-refractivity contribution in [2.75, 3.05) is 18.4 Å². The Morgan fingerprint density at radius 1 is 1.55 bits per heavy atom. The fourth-order valence-electron chi connectivity index (χ4n) is 2.65. The number of hydrogen-bond acceptors (Lipinski definition) is 3. The number of carbonyl (C=O) groups is 2. The molecule has 1 atom stereocenters. The normalized spacial score (nSPS) is 21.8. The van der Waals surface area contributed by atoms with Crippen LogP contribution in [0.4, 0.5) is 10.5 Å². The average Bonchev–Trinajstić information content (AvgIpc) is 2.86. The van der Waals surface area contributed by atoms with Crippen molar-refractivity contribution in [2.45, 2.75) is 26.2 Å². The van der Waals surface area contributed by atoms with Gasteiger partial charge in [0.2, 0.25) is 0 Å². The number of rotatable bonds is 4. The van der Waals surface area contributed by atoms with Crippen molar-refractivity contribution in [3.8, 4) is 0 Å². The zero-order valence-electron chi connectivity index (χ0n) is 11.5. The molecule has 20 heavy (non-hydrogen) atoms. The first-order chi connectivity index (χ1) is 9.57. The largest absolute Gasteiger partial charge is 0.481 e. The van der Waals surface area contributed by atoms with Crippen LogP contribution in [0.25, 0.3) is 0 Å². The molecule has 6 nitrogen and oxygen atoms in total. The molecule has 108 valence electrons. The van der Waals surface area contributed by atoms with Gasteiger partial charge in [0, 0.05) is 19.3 Å². The first kappa shape index (κ1) is 14.3. The van der Waals surface area contributed by atoms with E-state index in [0.29, 0.717) is 25.1 Å². The van der Waals surface area contributed by atoms with E-state index in [2.05, 4.69) is 10.3 Å². The summed E-state index contributed by atoms with van der Waals surface area (Å²) in [7, 11) is 0. The van der Waals surface area contributed by atoms with E-state index < -0.39 is 11.4 Å². The van der Waals surface area contributed by atoms with Gasteiger partial charge < -0.3 is 15.3 Å². The maximum atomic E-state index is 12.1. The molecule has 0 spiro atoms. The van der Waals surface area contributed by atoms with Gasteiger partial charge in [-0.1, -0.05) is 13.3 Å². The van der Waals surface area contributed by atoms with Gasteiger partial charge in [-0.05, 0) is 25.0 Å². The van der Waals surface area contributed by atoms with E-state index in [1.165, 1.54) is 0 Å². The fraction of sp³-hybridized carbons (Fsp3) is 0.500. The molecule has 2 amide bonds. The number of urea groups is 1. The van der Waals surface area contributed by atoms with Crippen LogP contribution in [0.1, 0.15) is 26.2 Å². The summed E-state index contributed by atoms with van der Waals surface area (Å²) in [5.41, 5.74) is -0.179. The highest BCUT2D eigenvalue weighted by molar-refractivity contribution is 5.90. The van der Waals surface area contributed by atoms with Crippen molar-refractivity contribution < 1.29 is 14.7 Å². The molecule has 6 heteroatoms. The molecule has 1 aromatic heterocycles. The highest BCUT2D eigenvalue weighted by Crippen LogP contribution is 2.35. The van der Waals surface area contributed by atoms with Crippen LogP contribution in [0.5, 0.6) is 0 Å². The highest BCUT2D eigenvalue weighted by atomic mass is 16.4. The van der Waals surface area contributed by atoms with Crippen molar-refractivity contribution in [1.82, 2.24) is 9.88 Å². The van der Waals surface area contributed by atoms with Gasteiger partial charge in [0.15, 0.2) is 0 Å². The Hall–Kier alpha value is -2.11. The summed E-state index contributed by atoms with van der Waals surface area (Å²) in [6.07, 6.45) is 5.09. The van der Waals surface area contributed by atoms with Gasteiger partial charge in [0.1, 0.15) is 0 Å². The zero-order valence-corrected chi connectivity index (χ0v) is 11.5. The number of aliphatic carboxylic acids is 1. The van der Waals surface area contributed by atoms with E-state index in [4.69, 9.17) is 0 Å². The monoisotopic (exact) mass is 277 g/mol. The van der Waals surface area contributed by atoms with Gasteiger partial charge in [0.05, 0.1) is 17.3 Å². The molecular formula is C14H19N3O3. The van der Waals surface area contributed by atoms with E-state index in [0.717, 1.165) is 6.42 Å². The quantitative estimate of drug-likeness (QED) is 0.883. The lowest BCUT2D eigenvalue weighted by Crippen LogP contribution is -2.38. The van der Waals surface area contributed by atoms with E-state index in [1.807, 2.05) is 6.92 Å². The number of nitrogens with zero attached hydrogens (tertiary/aromatic N) is 2. The van der Waals surface area contributed by atoms with E-state index in [-0.39, 0.29) is 12.6 Å². The first-order valence-electron chi connectivity index (χ1n) is 6.77. The Morgan fingerprint density at radius 2 is 2.35 bits per heavy atom. The predicted octanol–water partition coefficient (Wildman–Crippen LogP) is 2.19. The Labute approximate surface area is 117 Å². The molecule has 0 radical (unpaired) electrons. The second-order valence-electron chi connectivity index (χ2n) is 5.18. The Morgan fingerprint density at radius 3 is 2.95 bits per heavy atom. The van der Waals surface area contributed by atoms with Crippen LogP contribution < -0.4 is 5.32 Å². The van der Waals surface area contributed by atoms with Crippen molar-refractivity contribution in [1.29, 1.82) is 0 Å². The number of pyridine rings is 1. The second-order valence-corrected chi connectivity index (χ2v) is 5.18. The third kappa shape index (κ3) is 2.89. The fourth-order valence-corrected chi connectivity index (χ4v) is 2.65. The third-order valence-electron chi connectivity index (χ3n) is 3.74. The molecule has 1 saturated heterocycles. The summed E-state index contributed by atoms with van der Waals surface area (Å²) in [6, 6.07) is 3.22. The minimum absolute atomic E-state index is 0.266. The second kappa shape index (κ2) is 5.90. The number of likely N-dealkylation sites (tertiary alicyclic amines) is 1. The Bertz CT molecular complexity index is 492. The maximum absolute atomic E-state index is 12.1. The molecular weight excluding hydrogens is 258 g/mol. The van der Waals surface area contributed by atoms with Crippen LogP contribution in [-0.4, -0.2) is 40.1 Å². The summed E-state index contributed by atoms with van der Waals surface area (Å²) in [5.74, 6) is -0.809. The van der Waals surface area contributed by atoms with E-state index in [9.17, 15) is 14.7 Å². The third-order valence-corrected chi connectivity index (χ3v) is 3.74. The number of aromatic nitrogens is 1. The van der Waals surface area contributed by atoms with E-state index in [1.54, 1.807) is 29.4 Å². The average molecular weight is 277 g/mol. The lowest BCUT2D eigenvalue weighted by Gasteiger charge is -2.24. The number of carboxylic acid groups (broad SMARTS) is 1. The predicted molar refractivity (Wildman–Crippen MR) is 74.4 cm³/mol. The molecule has 2 rings (SSSR count). The number of amides is 2. The van der Waals surface area contributed by atoms with Crippen molar-refractivity contribution in [3.05, 3.63) is 24.5 Å². The lowest BCUT2D eigenvalue weighted by atomic mass is 9.83. The summed E-state index contributed by atoms with van der Waals surface area (Å²) >= 11 is 0. The Balaban J connectivity index is 2.01. The van der Waals surface area contributed by atoms with Gasteiger partial charge in [0.25, 0.3) is 0 Å². The van der Waals surface area contributed by atoms with Crippen LogP contribution in [0.3, 0.4) is 0 Å². The lowest BCUT2D eigenvalue weighted by molar-refractivity contribution is -0.148. The summed E-state index contributed by atoms with van der Waals surface area (Å²) in [4.78, 5) is 29.1. The van der Waals surface area contributed by atoms with Gasteiger partial charge in [-0.15, -0.1) is 0 Å². The molecule has 0 aromatic carbocycles. The zero-order chi connectivity index (χ0) is 14.6. The molecule has 1 fully saturated rings. The molecule has 2 N–H and O–H groups in total. The van der Waals surface area contributed by atoms with Crippen LogP contribution >= 0.6 is 0 Å². The smallest absolute Gasteiger partial charge is 0.321 e. The molecule has 0 aliphatic carbocycles. The molecule has 0 bridgehead atoms. The summed E-state index contributed by atoms with van der Waals surface area (Å²) in [5, 5.41) is 12.1. The van der Waals surface area contributed by atoms with Crippen molar-refractivity contribution in [2.24, 2.45) is 5.41 Å². The minimum atomic E-state index is -0.809. The van der Waals surface area contributed by atoms with E-state index >= 15 is 0 Å². The van der Waals surface area contributed by atoms with Crippen molar-refractivity contribution in [3.63, 3.8) is 0 Å². The molecule has 1 aromatic rings. The van der Waals surface area contributed by atoms with Gasteiger partial charge in [-0.3, -0.25) is 9.78 Å². The highest BCUT2D eigenvalue weighted by Gasteiger charge is 2.45. The van der Waals surface area contributed by atoms with Crippen LogP contribution in [0, 0.1) is 5.41 Å². The molecule has 1 aliphatic rings. The molecule has 2 heterocycles. The SMILES string of the molecule is CCCC1(C(=O)O)CCN(C(=O)Nc2cccnc2)C1. The number of hydrogen-bond donors (Lipinski definition) is 2. The standard InChI is InChI=1S/C14H19N3O3/c1-2-5-14(12(18)19)6-8-17(10-14)13(20)16-11-4-3-7-15-9-11/h3-4,7,9H,2,5-6,8,10H2,1H3,(H,16,20)(H,18,19). The number of nitrogens with one attached hydrogen (secondary N) is 1.